The van der Waals surface area contributed by atoms with Gasteiger partial charge in [-0.25, -0.2) is 8.42 Å². The van der Waals surface area contributed by atoms with Crippen LogP contribution in [0.1, 0.15) is 39.5 Å². The molecule has 0 spiro atoms. The first-order valence-electron chi connectivity index (χ1n) is 5.50. The highest BCUT2D eigenvalue weighted by Crippen LogP contribution is 2.09. The number of carbonyl (C=O) groups is 1. The van der Waals surface area contributed by atoms with Gasteiger partial charge in [-0.3, -0.25) is 13.9 Å². The molecule has 0 radical (unpaired) electrons. The molecule has 0 saturated carbocycles. The second-order valence-electron chi connectivity index (χ2n) is 3.98. The van der Waals surface area contributed by atoms with Crippen molar-refractivity contribution >= 4 is 15.9 Å². The van der Waals surface area contributed by atoms with E-state index in [1.54, 1.807) is 0 Å². The standard InChI is InChI=1S/C10H20FNO3S/c1-3-5-9(2)8-10(13)12-16(14,15)7-4-6-11/h9H,3-8H2,1-2H3,(H,12,13)/t9-/m1/s1. The second-order valence-corrected chi connectivity index (χ2v) is 5.83. The molecule has 0 aromatic carbocycles. The summed E-state index contributed by atoms with van der Waals surface area (Å²) < 4.78 is 36.2. The largest absolute Gasteiger partial charge is 0.274 e. The van der Waals surface area contributed by atoms with Crippen molar-refractivity contribution in [3.8, 4) is 0 Å². The molecule has 1 N–H and O–H groups in total. The summed E-state index contributed by atoms with van der Waals surface area (Å²) in [4.78, 5) is 11.3. The van der Waals surface area contributed by atoms with Gasteiger partial charge in [-0.1, -0.05) is 26.7 Å². The Bertz CT molecular complexity index is 303. The van der Waals surface area contributed by atoms with Crippen LogP contribution in [0.3, 0.4) is 0 Å². The minimum absolute atomic E-state index is 0.0763. The predicted octanol–water partition coefficient (Wildman–Crippen LogP) is 1.62. The number of nitrogens with one attached hydrogen (secondary N) is 1. The quantitative estimate of drug-likeness (QED) is 0.715. The molecule has 1 atom stereocenters. The third-order valence-corrected chi connectivity index (χ3v) is 3.50. The molecule has 96 valence electrons. The van der Waals surface area contributed by atoms with Crippen molar-refractivity contribution in [3.63, 3.8) is 0 Å². The maximum Gasteiger partial charge on any atom is 0.234 e. The zero-order valence-electron chi connectivity index (χ0n) is 9.83. The molecule has 0 aliphatic carbocycles. The molecule has 0 aromatic rings. The van der Waals surface area contributed by atoms with E-state index in [4.69, 9.17) is 0 Å². The van der Waals surface area contributed by atoms with Gasteiger partial charge in [-0.05, 0) is 12.3 Å². The third-order valence-electron chi connectivity index (χ3n) is 2.13. The molecular weight excluding hydrogens is 233 g/mol. The van der Waals surface area contributed by atoms with E-state index < -0.39 is 22.6 Å². The molecule has 0 bridgehead atoms. The van der Waals surface area contributed by atoms with E-state index in [9.17, 15) is 17.6 Å². The molecular formula is C10H20FNO3S. The minimum Gasteiger partial charge on any atom is -0.274 e. The van der Waals surface area contributed by atoms with Gasteiger partial charge in [-0.15, -0.1) is 0 Å². The molecule has 16 heavy (non-hydrogen) atoms. The highest BCUT2D eigenvalue weighted by molar-refractivity contribution is 7.90. The Hall–Kier alpha value is -0.650. The summed E-state index contributed by atoms with van der Waals surface area (Å²) in [7, 11) is -3.64. The number of carbonyl (C=O) groups excluding carboxylic acids is 1. The van der Waals surface area contributed by atoms with Gasteiger partial charge in [-0.2, -0.15) is 0 Å². The van der Waals surface area contributed by atoms with Crippen LogP contribution in [0.5, 0.6) is 0 Å². The summed E-state index contributed by atoms with van der Waals surface area (Å²) in [6.45, 7) is 3.21. The number of alkyl halides is 1. The highest BCUT2D eigenvalue weighted by Gasteiger charge is 2.16. The molecule has 0 saturated heterocycles. The maximum absolute atomic E-state index is 11.8. The fourth-order valence-electron chi connectivity index (χ4n) is 1.42. The Morgan fingerprint density at radius 3 is 2.56 bits per heavy atom. The van der Waals surface area contributed by atoms with E-state index in [1.807, 2.05) is 18.6 Å². The minimum atomic E-state index is -3.64. The SMILES string of the molecule is CCC[C@@H](C)CC(=O)NS(=O)(=O)CCCF. The molecule has 6 heteroatoms. The number of hydrogen-bond acceptors (Lipinski definition) is 3. The van der Waals surface area contributed by atoms with Crippen molar-refractivity contribution in [2.75, 3.05) is 12.4 Å². The molecule has 0 unspecified atom stereocenters. The molecule has 0 heterocycles. The lowest BCUT2D eigenvalue weighted by Crippen LogP contribution is -2.33. The monoisotopic (exact) mass is 253 g/mol. The summed E-state index contributed by atoms with van der Waals surface area (Å²) >= 11 is 0. The lowest BCUT2D eigenvalue weighted by atomic mass is 10.0. The van der Waals surface area contributed by atoms with E-state index in [-0.39, 0.29) is 24.5 Å². The number of amides is 1. The fraction of sp³-hybridized carbons (Fsp3) is 0.900. The Labute approximate surface area is 96.7 Å². The summed E-state index contributed by atoms with van der Waals surface area (Å²) in [6, 6.07) is 0. The number of hydrogen-bond donors (Lipinski definition) is 1. The predicted molar refractivity (Wildman–Crippen MR) is 61.2 cm³/mol. The van der Waals surface area contributed by atoms with Crippen molar-refractivity contribution in [3.05, 3.63) is 0 Å². The Morgan fingerprint density at radius 1 is 1.44 bits per heavy atom. The Morgan fingerprint density at radius 2 is 2.06 bits per heavy atom. The van der Waals surface area contributed by atoms with E-state index in [0.717, 1.165) is 12.8 Å². The van der Waals surface area contributed by atoms with Gasteiger partial charge in [0.1, 0.15) is 0 Å². The highest BCUT2D eigenvalue weighted by atomic mass is 32.2. The van der Waals surface area contributed by atoms with Gasteiger partial charge in [0.2, 0.25) is 15.9 Å². The second kappa shape index (κ2) is 7.60. The number of rotatable bonds is 8. The first-order chi connectivity index (χ1) is 7.41. The van der Waals surface area contributed by atoms with Crippen LogP contribution in [-0.4, -0.2) is 26.8 Å². The van der Waals surface area contributed by atoms with E-state index in [0.29, 0.717) is 0 Å². The Balaban J connectivity index is 4.03. The first kappa shape index (κ1) is 15.3. The lowest BCUT2D eigenvalue weighted by Gasteiger charge is -2.10. The smallest absolute Gasteiger partial charge is 0.234 e. The number of sulfonamides is 1. The van der Waals surface area contributed by atoms with Crippen LogP contribution in [0.15, 0.2) is 0 Å². The summed E-state index contributed by atoms with van der Waals surface area (Å²) in [5.74, 6) is -0.668. The van der Waals surface area contributed by atoms with Gasteiger partial charge >= 0.3 is 0 Å². The molecule has 0 aliphatic rings. The molecule has 0 aliphatic heterocycles. The molecule has 4 nitrogen and oxygen atoms in total. The van der Waals surface area contributed by atoms with Gasteiger partial charge in [0, 0.05) is 6.42 Å². The van der Waals surface area contributed by atoms with Crippen molar-refractivity contribution in [2.24, 2.45) is 5.92 Å². The van der Waals surface area contributed by atoms with Crippen molar-refractivity contribution in [1.82, 2.24) is 4.72 Å². The van der Waals surface area contributed by atoms with Crippen LogP contribution >= 0.6 is 0 Å². The molecule has 1 amide bonds. The summed E-state index contributed by atoms with van der Waals surface area (Å²) in [5, 5.41) is 0. The first-order valence-corrected chi connectivity index (χ1v) is 7.15. The maximum atomic E-state index is 11.8. The third kappa shape index (κ3) is 7.62. The van der Waals surface area contributed by atoms with Crippen LogP contribution in [-0.2, 0) is 14.8 Å². The molecule has 0 rings (SSSR count). The van der Waals surface area contributed by atoms with Gasteiger partial charge in [0.05, 0.1) is 12.4 Å². The summed E-state index contributed by atoms with van der Waals surface area (Å²) in [6.07, 6.45) is 1.97. The van der Waals surface area contributed by atoms with Crippen molar-refractivity contribution < 1.29 is 17.6 Å². The van der Waals surface area contributed by atoms with Gasteiger partial charge in [0.15, 0.2) is 0 Å². The number of halogens is 1. The van der Waals surface area contributed by atoms with Gasteiger partial charge in [0.25, 0.3) is 0 Å². The molecule has 0 aromatic heterocycles. The molecule has 0 fully saturated rings. The average Bonchev–Trinajstić information content (AvgIpc) is 2.13. The van der Waals surface area contributed by atoms with Crippen molar-refractivity contribution in [1.29, 1.82) is 0 Å². The van der Waals surface area contributed by atoms with Crippen LogP contribution in [0, 0.1) is 5.92 Å². The lowest BCUT2D eigenvalue weighted by molar-refractivity contribution is -0.120. The summed E-state index contributed by atoms with van der Waals surface area (Å²) in [5.41, 5.74) is 0. The average molecular weight is 253 g/mol. The van der Waals surface area contributed by atoms with E-state index >= 15 is 0 Å². The van der Waals surface area contributed by atoms with Gasteiger partial charge < -0.3 is 0 Å². The topological polar surface area (TPSA) is 63.2 Å². The van der Waals surface area contributed by atoms with E-state index in [2.05, 4.69) is 0 Å². The van der Waals surface area contributed by atoms with Crippen LogP contribution in [0.4, 0.5) is 4.39 Å². The van der Waals surface area contributed by atoms with Crippen LogP contribution in [0.2, 0.25) is 0 Å². The Kier molecular flexibility index (Phi) is 7.29. The van der Waals surface area contributed by atoms with Crippen molar-refractivity contribution in [2.45, 2.75) is 39.5 Å². The fourth-order valence-corrected chi connectivity index (χ4v) is 2.44. The van der Waals surface area contributed by atoms with Crippen LogP contribution in [0.25, 0.3) is 0 Å². The zero-order valence-corrected chi connectivity index (χ0v) is 10.6. The normalized spacial score (nSPS) is 13.4. The zero-order chi connectivity index (χ0) is 12.6. The van der Waals surface area contributed by atoms with Crippen LogP contribution < -0.4 is 4.72 Å². The van der Waals surface area contributed by atoms with E-state index in [1.165, 1.54) is 0 Å².